The maximum absolute atomic E-state index is 5.58. The van der Waals surface area contributed by atoms with Crippen molar-refractivity contribution in [2.45, 2.75) is 47.2 Å². The molecule has 0 spiro atoms. The Morgan fingerprint density at radius 1 is 1.06 bits per heavy atom. The predicted octanol–water partition coefficient (Wildman–Crippen LogP) is 2.29. The molecule has 1 heterocycles. The summed E-state index contributed by atoms with van der Waals surface area (Å²) in [6, 6.07) is 0.557. The Hall–Kier alpha value is -0.800. The molecule has 3 heteroatoms. The van der Waals surface area contributed by atoms with Gasteiger partial charge in [0, 0.05) is 31.2 Å². The number of rotatable bonds is 6. The van der Waals surface area contributed by atoms with Crippen LogP contribution in [0.3, 0.4) is 0 Å². The van der Waals surface area contributed by atoms with Crippen LogP contribution in [0.25, 0.3) is 0 Å². The van der Waals surface area contributed by atoms with Gasteiger partial charge in [-0.25, -0.2) is 0 Å². The SMILES string of the molecule is Cc1oc(C)c(CNCCNC(C)C)c1C. The highest BCUT2D eigenvalue weighted by atomic mass is 16.3. The van der Waals surface area contributed by atoms with Crippen LogP contribution in [-0.2, 0) is 6.54 Å². The average Bonchev–Trinajstić information content (AvgIpc) is 2.43. The van der Waals surface area contributed by atoms with Gasteiger partial charge < -0.3 is 15.1 Å². The molecular weight excluding hydrogens is 200 g/mol. The first-order valence-corrected chi connectivity index (χ1v) is 6.02. The normalized spacial score (nSPS) is 11.4. The largest absolute Gasteiger partial charge is 0.466 e. The maximum Gasteiger partial charge on any atom is 0.105 e. The van der Waals surface area contributed by atoms with Gasteiger partial charge in [0.05, 0.1) is 0 Å². The van der Waals surface area contributed by atoms with Gasteiger partial charge in [-0.2, -0.15) is 0 Å². The van der Waals surface area contributed by atoms with Crippen molar-refractivity contribution < 1.29 is 4.42 Å². The molecule has 0 amide bonds. The molecule has 1 aromatic heterocycles. The molecule has 1 rings (SSSR count). The minimum atomic E-state index is 0.557. The molecule has 0 saturated heterocycles. The molecule has 2 N–H and O–H groups in total. The van der Waals surface area contributed by atoms with E-state index in [2.05, 4.69) is 31.4 Å². The van der Waals surface area contributed by atoms with Gasteiger partial charge in [-0.1, -0.05) is 13.8 Å². The number of hydrogen-bond donors (Lipinski definition) is 2. The summed E-state index contributed by atoms with van der Waals surface area (Å²) in [5.74, 6) is 2.08. The summed E-state index contributed by atoms with van der Waals surface area (Å²) >= 11 is 0. The van der Waals surface area contributed by atoms with E-state index in [9.17, 15) is 0 Å². The summed E-state index contributed by atoms with van der Waals surface area (Å²) in [5, 5.41) is 6.81. The molecular formula is C13H24N2O. The summed E-state index contributed by atoms with van der Waals surface area (Å²) in [7, 11) is 0. The zero-order chi connectivity index (χ0) is 12.1. The van der Waals surface area contributed by atoms with Crippen molar-refractivity contribution >= 4 is 0 Å². The van der Waals surface area contributed by atoms with Crippen LogP contribution in [0.1, 0.15) is 36.5 Å². The number of hydrogen-bond acceptors (Lipinski definition) is 3. The van der Waals surface area contributed by atoms with Gasteiger partial charge in [-0.15, -0.1) is 0 Å². The lowest BCUT2D eigenvalue weighted by molar-refractivity contribution is 0.496. The monoisotopic (exact) mass is 224 g/mol. The standard InChI is InChI=1S/C13H24N2O/c1-9(2)15-7-6-14-8-13-10(3)11(4)16-12(13)5/h9,14-15H,6-8H2,1-5H3. The third-order valence-electron chi connectivity index (χ3n) is 2.87. The lowest BCUT2D eigenvalue weighted by Crippen LogP contribution is -2.31. The van der Waals surface area contributed by atoms with Crippen LogP contribution in [0.5, 0.6) is 0 Å². The van der Waals surface area contributed by atoms with Crippen LogP contribution in [0.2, 0.25) is 0 Å². The lowest BCUT2D eigenvalue weighted by Gasteiger charge is -2.09. The first-order chi connectivity index (χ1) is 7.52. The molecule has 0 aliphatic carbocycles. The van der Waals surface area contributed by atoms with Crippen LogP contribution >= 0.6 is 0 Å². The Balaban J connectivity index is 2.32. The van der Waals surface area contributed by atoms with Gasteiger partial charge in [0.1, 0.15) is 11.5 Å². The zero-order valence-corrected chi connectivity index (χ0v) is 11.1. The van der Waals surface area contributed by atoms with E-state index >= 15 is 0 Å². The smallest absolute Gasteiger partial charge is 0.105 e. The molecule has 0 unspecified atom stereocenters. The van der Waals surface area contributed by atoms with Gasteiger partial charge in [-0.05, 0) is 26.3 Å². The lowest BCUT2D eigenvalue weighted by atomic mass is 10.1. The second-order valence-electron chi connectivity index (χ2n) is 4.60. The topological polar surface area (TPSA) is 37.2 Å². The highest BCUT2D eigenvalue weighted by Gasteiger charge is 2.09. The molecule has 0 aliphatic heterocycles. The van der Waals surface area contributed by atoms with E-state index in [4.69, 9.17) is 4.42 Å². The molecule has 1 aromatic rings. The molecule has 0 saturated carbocycles. The van der Waals surface area contributed by atoms with Gasteiger partial charge >= 0.3 is 0 Å². The quantitative estimate of drug-likeness (QED) is 0.728. The third-order valence-corrected chi connectivity index (χ3v) is 2.87. The zero-order valence-electron chi connectivity index (χ0n) is 11.1. The molecule has 0 radical (unpaired) electrons. The Labute approximate surface area is 98.6 Å². The fourth-order valence-electron chi connectivity index (χ4n) is 1.76. The van der Waals surface area contributed by atoms with Crippen molar-refractivity contribution in [3.8, 4) is 0 Å². The number of aryl methyl sites for hydroxylation is 2. The Bertz CT molecular complexity index is 329. The Kier molecular flexibility index (Phi) is 5.03. The fraction of sp³-hybridized carbons (Fsp3) is 0.692. The van der Waals surface area contributed by atoms with E-state index in [0.717, 1.165) is 31.2 Å². The third kappa shape index (κ3) is 3.65. The Morgan fingerprint density at radius 3 is 2.25 bits per heavy atom. The summed E-state index contributed by atoms with van der Waals surface area (Å²) in [5.41, 5.74) is 2.59. The molecule has 16 heavy (non-hydrogen) atoms. The van der Waals surface area contributed by atoms with Crippen LogP contribution < -0.4 is 10.6 Å². The van der Waals surface area contributed by atoms with E-state index in [1.165, 1.54) is 11.1 Å². The van der Waals surface area contributed by atoms with Crippen LogP contribution in [-0.4, -0.2) is 19.1 Å². The average molecular weight is 224 g/mol. The molecule has 0 fully saturated rings. The van der Waals surface area contributed by atoms with Crippen molar-refractivity contribution in [3.05, 3.63) is 22.6 Å². The molecule has 0 atom stereocenters. The van der Waals surface area contributed by atoms with E-state index < -0.39 is 0 Å². The summed E-state index contributed by atoms with van der Waals surface area (Å²) in [6.07, 6.45) is 0. The van der Waals surface area contributed by atoms with Crippen LogP contribution in [0.15, 0.2) is 4.42 Å². The van der Waals surface area contributed by atoms with Gasteiger partial charge in [-0.3, -0.25) is 0 Å². The summed E-state index contributed by atoms with van der Waals surface area (Å²) in [6.45, 7) is 13.4. The maximum atomic E-state index is 5.58. The van der Waals surface area contributed by atoms with Crippen molar-refractivity contribution in [1.29, 1.82) is 0 Å². The molecule has 0 bridgehead atoms. The second kappa shape index (κ2) is 6.06. The number of furan rings is 1. The van der Waals surface area contributed by atoms with E-state index in [1.807, 2.05) is 13.8 Å². The van der Waals surface area contributed by atoms with Crippen molar-refractivity contribution in [2.24, 2.45) is 0 Å². The summed E-state index contributed by atoms with van der Waals surface area (Å²) < 4.78 is 5.58. The molecule has 92 valence electrons. The van der Waals surface area contributed by atoms with Crippen molar-refractivity contribution in [1.82, 2.24) is 10.6 Å². The first kappa shape index (κ1) is 13.3. The number of nitrogens with one attached hydrogen (secondary N) is 2. The van der Waals surface area contributed by atoms with E-state index in [1.54, 1.807) is 0 Å². The van der Waals surface area contributed by atoms with E-state index in [0.29, 0.717) is 6.04 Å². The van der Waals surface area contributed by atoms with Crippen LogP contribution in [0, 0.1) is 20.8 Å². The minimum absolute atomic E-state index is 0.557. The molecule has 0 aliphatic rings. The highest BCUT2D eigenvalue weighted by molar-refractivity contribution is 5.31. The van der Waals surface area contributed by atoms with Crippen molar-refractivity contribution in [2.75, 3.05) is 13.1 Å². The van der Waals surface area contributed by atoms with Gasteiger partial charge in [0.15, 0.2) is 0 Å². The molecule has 0 aromatic carbocycles. The van der Waals surface area contributed by atoms with Crippen LogP contribution in [0.4, 0.5) is 0 Å². The van der Waals surface area contributed by atoms with Crippen molar-refractivity contribution in [3.63, 3.8) is 0 Å². The fourth-order valence-corrected chi connectivity index (χ4v) is 1.76. The Morgan fingerprint density at radius 2 is 1.75 bits per heavy atom. The van der Waals surface area contributed by atoms with Gasteiger partial charge in [0.2, 0.25) is 0 Å². The van der Waals surface area contributed by atoms with E-state index in [-0.39, 0.29) is 0 Å². The highest BCUT2D eigenvalue weighted by Crippen LogP contribution is 2.19. The first-order valence-electron chi connectivity index (χ1n) is 6.02. The predicted molar refractivity (Wildman–Crippen MR) is 67.8 cm³/mol. The summed E-state index contributed by atoms with van der Waals surface area (Å²) in [4.78, 5) is 0. The molecule has 3 nitrogen and oxygen atoms in total. The minimum Gasteiger partial charge on any atom is -0.466 e. The second-order valence-corrected chi connectivity index (χ2v) is 4.60. The van der Waals surface area contributed by atoms with Gasteiger partial charge in [0.25, 0.3) is 0 Å².